The van der Waals surface area contributed by atoms with E-state index in [-0.39, 0.29) is 5.78 Å². The van der Waals surface area contributed by atoms with E-state index in [9.17, 15) is 4.79 Å². The van der Waals surface area contributed by atoms with E-state index in [0.717, 1.165) is 6.04 Å². The van der Waals surface area contributed by atoms with Crippen molar-refractivity contribution in [1.82, 2.24) is 0 Å². The van der Waals surface area contributed by atoms with Crippen molar-refractivity contribution < 1.29 is 4.79 Å². The van der Waals surface area contributed by atoms with Gasteiger partial charge in [-0.2, -0.15) is 0 Å². The van der Waals surface area contributed by atoms with Crippen LogP contribution in [0, 0.1) is 0 Å². The molecule has 0 unspecified atom stereocenters. The molecule has 0 rings (SSSR count). The van der Waals surface area contributed by atoms with Crippen molar-refractivity contribution in [2.24, 2.45) is 0 Å². The van der Waals surface area contributed by atoms with E-state index in [1.54, 1.807) is 0 Å². The first-order chi connectivity index (χ1) is 4.87. The van der Waals surface area contributed by atoms with Gasteiger partial charge in [0.15, 0.2) is 5.78 Å². The molecule has 0 saturated carbocycles. The van der Waals surface area contributed by atoms with Crippen molar-refractivity contribution in [3.63, 3.8) is 0 Å². The molecule has 0 aromatic carbocycles. The van der Waals surface area contributed by atoms with Crippen molar-refractivity contribution in [2.75, 3.05) is 0 Å². The minimum Gasteiger partial charge on any atom is -0.290 e. The number of ketones is 1. The maximum absolute atomic E-state index is 11.0. The van der Waals surface area contributed by atoms with Gasteiger partial charge >= 0.3 is 0 Å². The lowest BCUT2D eigenvalue weighted by molar-refractivity contribution is -0.111. The van der Waals surface area contributed by atoms with E-state index in [4.69, 9.17) is 0 Å². The Morgan fingerprint density at radius 3 is 2.18 bits per heavy atom. The molecule has 0 amide bonds. The third-order valence-corrected chi connectivity index (χ3v) is 2.77. The van der Waals surface area contributed by atoms with Gasteiger partial charge in [0, 0.05) is 8.07 Å². The standard InChI is InChI=1S/C9H16OSi/c1-6-9(10)8(2)7-11(3,4)5/h6H,1-2,7H2,3-5H3. The van der Waals surface area contributed by atoms with Crippen LogP contribution < -0.4 is 0 Å². The first-order valence-corrected chi connectivity index (χ1v) is 7.42. The lowest BCUT2D eigenvalue weighted by Crippen LogP contribution is -2.21. The van der Waals surface area contributed by atoms with Gasteiger partial charge in [0.05, 0.1) is 0 Å². The zero-order valence-corrected chi connectivity index (χ0v) is 8.61. The topological polar surface area (TPSA) is 17.1 Å². The molecule has 0 aliphatic carbocycles. The summed E-state index contributed by atoms with van der Waals surface area (Å²) >= 11 is 0. The van der Waals surface area contributed by atoms with E-state index < -0.39 is 8.07 Å². The third kappa shape index (κ3) is 4.73. The molecule has 0 aliphatic heterocycles. The zero-order chi connectivity index (χ0) is 9.07. The number of allylic oxidation sites excluding steroid dienone is 2. The second kappa shape index (κ2) is 3.67. The molecule has 0 radical (unpaired) electrons. The summed E-state index contributed by atoms with van der Waals surface area (Å²) in [5.41, 5.74) is 0.708. The van der Waals surface area contributed by atoms with Crippen molar-refractivity contribution in [1.29, 1.82) is 0 Å². The molecule has 62 valence electrons. The average Bonchev–Trinajstić information content (AvgIpc) is 1.82. The normalized spacial score (nSPS) is 10.8. The lowest BCUT2D eigenvalue weighted by atomic mass is 10.2. The first kappa shape index (κ1) is 10.4. The van der Waals surface area contributed by atoms with Crippen LogP contribution in [0.15, 0.2) is 24.8 Å². The van der Waals surface area contributed by atoms with Gasteiger partial charge in [-0.1, -0.05) is 32.8 Å². The van der Waals surface area contributed by atoms with Crippen LogP contribution in [0.25, 0.3) is 0 Å². The highest BCUT2D eigenvalue weighted by atomic mass is 28.3. The Morgan fingerprint density at radius 2 is 1.91 bits per heavy atom. The maximum Gasteiger partial charge on any atom is 0.180 e. The molecule has 0 atom stereocenters. The number of carbonyl (C=O) groups is 1. The first-order valence-electron chi connectivity index (χ1n) is 3.71. The highest BCUT2D eigenvalue weighted by Crippen LogP contribution is 2.15. The lowest BCUT2D eigenvalue weighted by Gasteiger charge is -2.15. The molecule has 0 aromatic rings. The highest BCUT2D eigenvalue weighted by Gasteiger charge is 2.16. The van der Waals surface area contributed by atoms with Crippen molar-refractivity contribution in [3.8, 4) is 0 Å². The Balaban J connectivity index is 4.09. The summed E-state index contributed by atoms with van der Waals surface area (Å²) in [6.07, 6.45) is 1.34. The van der Waals surface area contributed by atoms with E-state index in [2.05, 4.69) is 32.8 Å². The van der Waals surface area contributed by atoms with Crippen LogP contribution in [0.4, 0.5) is 0 Å². The van der Waals surface area contributed by atoms with Gasteiger partial charge in [0.2, 0.25) is 0 Å². The molecular formula is C9H16OSi. The van der Waals surface area contributed by atoms with Gasteiger partial charge in [0.1, 0.15) is 0 Å². The molecule has 0 heterocycles. The smallest absolute Gasteiger partial charge is 0.180 e. The van der Waals surface area contributed by atoms with Gasteiger partial charge < -0.3 is 0 Å². The average molecular weight is 168 g/mol. The molecule has 1 nitrogen and oxygen atoms in total. The fourth-order valence-electron chi connectivity index (χ4n) is 0.872. The molecule has 0 fully saturated rings. The fraction of sp³-hybridized carbons (Fsp3) is 0.444. The quantitative estimate of drug-likeness (QED) is 0.466. The third-order valence-electron chi connectivity index (χ3n) is 1.28. The van der Waals surface area contributed by atoms with Crippen LogP contribution in [-0.2, 0) is 4.79 Å². The van der Waals surface area contributed by atoms with Gasteiger partial charge in [-0.05, 0) is 17.7 Å². The molecule has 11 heavy (non-hydrogen) atoms. The molecule has 0 saturated heterocycles. The Kier molecular flexibility index (Phi) is 3.46. The van der Waals surface area contributed by atoms with Gasteiger partial charge in [-0.3, -0.25) is 4.79 Å². The van der Waals surface area contributed by atoms with E-state index >= 15 is 0 Å². The molecule has 0 N–H and O–H groups in total. The monoisotopic (exact) mass is 168 g/mol. The summed E-state index contributed by atoms with van der Waals surface area (Å²) in [5.74, 6) is -0.00701. The predicted molar refractivity (Wildman–Crippen MR) is 52.5 cm³/mol. The van der Waals surface area contributed by atoms with Gasteiger partial charge in [0.25, 0.3) is 0 Å². The Bertz CT molecular complexity index is 186. The summed E-state index contributed by atoms with van der Waals surface area (Å²) in [4.78, 5) is 11.0. The summed E-state index contributed by atoms with van der Waals surface area (Å²) in [6.45, 7) is 13.8. The molecule has 2 heteroatoms. The second-order valence-electron chi connectivity index (χ2n) is 3.91. The number of carbonyl (C=O) groups excluding carboxylic acids is 1. The summed E-state index contributed by atoms with van der Waals surface area (Å²) in [6, 6.07) is 0.873. The fourth-order valence-corrected chi connectivity index (χ4v) is 2.33. The summed E-state index contributed by atoms with van der Waals surface area (Å²) in [7, 11) is -1.17. The molecular weight excluding hydrogens is 152 g/mol. The van der Waals surface area contributed by atoms with Crippen LogP contribution in [0.5, 0.6) is 0 Å². The number of hydrogen-bond donors (Lipinski definition) is 0. The van der Waals surface area contributed by atoms with Gasteiger partial charge in [-0.25, -0.2) is 0 Å². The van der Waals surface area contributed by atoms with Crippen molar-refractivity contribution in [2.45, 2.75) is 25.7 Å². The van der Waals surface area contributed by atoms with Crippen LogP contribution >= 0.6 is 0 Å². The predicted octanol–water partition coefficient (Wildman–Crippen LogP) is 2.64. The maximum atomic E-state index is 11.0. The minimum atomic E-state index is -1.17. The largest absolute Gasteiger partial charge is 0.290 e. The van der Waals surface area contributed by atoms with E-state index in [1.165, 1.54) is 6.08 Å². The second-order valence-corrected chi connectivity index (χ2v) is 9.38. The Morgan fingerprint density at radius 1 is 1.45 bits per heavy atom. The van der Waals surface area contributed by atoms with Crippen molar-refractivity contribution >= 4 is 13.9 Å². The van der Waals surface area contributed by atoms with Gasteiger partial charge in [-0.15, -0.1) is 0 Å². The molecule has 0 bridgehead atoms. The van der Waals surface area contributed by atoms with Crippen molar-refractivity contribution in [3.05, 3.63) is 24.8 Å². The summed E-state index contributed by atoms with van der Waals surface area (Å²) in [5, 5.41) is 0. The summed E-state index contributed by atoms with van der Waals surface area (Å²) < 4.78 is 0. The Labute approximate surface area is 69.8 Å². The zero-order valence-electron chi connectivity index (χ0n) is 7.61. The van der Waals surface area contributed by atoms with Crippen LogP contribution in [0.3, 0.4) is 0 Å². The number of rotatable bonds is 4. The Hall–Kier alpha value is -0.633. The molecule has 0 aliphatic rings. The van der Waals surface area contributed by atoms with Crippen LogP contribution in [0.1, 0.15) is 0 Å². The van der Waals surface area contributed by atoms with E-state index in [1.807, 2.05) is 0 Å². The number of hydrogen-bond acceptors (Lipinski definition) is 1. The minimum absolute atomic E-state index is 0.00701. The van der Waals surface area contributed by atoms with E-state index in [0.29, 0.717) is 5.57 Å². The van der Waals surface area contributed by atoms with Crippen LogP contribution in [0.2, 0.25) is 25.7 Å². The molecule has 0 spiro atoms. The van der Waals surface area contributed by atoms with Crippen LogP contribution in [-0.4, -0.2) is 13.9 Å². The molecule has 0 aromatic heterocycles. The highest BCUT2D eigenvalue weighted by molar-refractivity contribution is 6.77. The SMILES string of the molecule is C=CC(=O)C(=C)C[Si](C)(C)C.